The van der Waals surface area contributed by atoms with Crippen LogP contribution in [-0.2, 0) is 0 Å². The molecule has 0 saturated heterocycles. The first-order valence-electron chi connectivity index (χ1n) is 6.37. The lowest BCUT2D eigenvalue weighted by molar-refractivity contribution is 1.19. The highest BCUT2D eigenvalue weighted by Gasteiger charge is 2.10. The Balaban J connectivity index is 2.15. The SMILES string of the molecule is O=c1c(-c2ccccc2)c[nH]c2ccn3ccnc3c12. The molecule has 0 bridgehead atoms. The molecule has 1 aromatic carbocycles. The van der Waals surface area contributed by atoms with E-state index in [2.05, 4.69) is 9.97 Å². The van der Waals surface area contributed by atoms with E-state index in [9.17, 15) is 4.79 Å². The van der Waals surface area contributed by atoms with E-state index in [1.165, 1.54) is 0 Å². The lowest BCUT2D eigenvalue weighted by Crippen LogP contribution is -2.08. The summed E-state index contributed by atoms with van der Waals surface area (Å²) in [7, 11) is 0. The van der Waals surface area contributed by atoms with Crippen LogP contribution in [0, 0.1) is 0 Å². The van der Waals surface area contributed by atoms with Gasteiger partial charge in [-0.25, -0.2) is 4.98 Å². The molecule has 0 fully saturated rings. The van der Waals surface area contributed by atoms with E-state index >= 15 is 0 Å². The van der Waals surface area contributed by atoms with Crippen molar-refractivity contribution in [2.75, 3.05) is 0 Å². The van der Waals surface area contributed by atoms with Crippen LogP contribution in [0.15, 0.2) is 66.0 Å². The van der Waals surface area contributed by atoms with Gasteiger partial charge in [-0.15, -0.1) is 0 Å². The van der Waals surface area contributed by atoms with E-state index in [1.54, 1.807) is 12.4 Å². The smallest absolute Gasteiger partial charge is 0.200 e. The number of nitrogens with zero attached hydrogens (tertiary/aromatic N) is 2. The molecule has 3 aromatic heterocycles. The third kappa shape index (κ3) is 1.48. The van der Waals surface area contributed by atoms with E-state index in [-0.39, 0.29) is 5.43 Å². The van der Waals surface area contributed by atoms with Crippen LogP contribution in [0.4, 0.5) is 0 Å². The fourth-order valence-electron chi connectivity index (χ4n) is 2.51. The molecule has 0 aliphatic carbocycles. The highest BCUT2D eigenvalue weighted by atomic mass is 16.1. The number of imidazole rings is 1. The Morgan fingerprint density at radius 3 is 2.75 bits per heavy atom. The second-order valence-corrected chi connectivity index (χ2v) is 4.66. The van der Waals surface area contributed by atoms with E-state index < -0.39 is 0 Å². The molecule has 4 heteroatoms. The summed E-state index contributed by atoms with van der Waals surface area (Å²) in [5, 5.41) is 0.624. The van der Waals surface area contributed by atoms with Crippen molar-refractivity contribution < 1.29 is 0 Å². The van der Waals surface area contributed by atoms with Crippen LogP contribution >= 0.6 is 0 Å². The Morgan fingerprint density at radius 1 is 1.05 bits per heavy atom. The molecule has 0 saturated carbocycles. The molecule has 0 radical (unpaired) electrons. The molecule has 0 amide bonds. The van der Waals surface area contributed by atoms with Gasteiger partial charge in [-0.2, -0.15) is 0 Å². The molecule has 3 heterocycles. The van der Waals surface area contributed by atoms with Crippen LogP contribution in [0.25, 0.3) is 27.7 Å². The monoisotopic (exact) mass is 261 g/mol. The van der Waals surface area contributed by atoms with Gasteiger partial charge in [0.1, 0.15) is 5.65 Å². The summed E-state index contributed by atoms with van der Waals surface area (Å²) in [5.74, 6) is 0. The molecule has 0 spiro atoms. The zero-order chi connectivity index (χ0) is 13.5. The maximum Gasteiger partial charge on any atom is 0.200 e. The van der Waals surface area contributed by atoms with Gasteiger partial charge in [-0.1, -0.05) is 30.3 Å². The predicted octanol–water partition coefficient (Wildman–Crippen LogP) is 2.84. The third-order valence-corrected chi connectivity index (χ3v) is 3.49. The lowest BCUT2D eigenvalue weighted by Gasteiger charge is -2.04. The summed E-state index contributed by atoms with van der Waals surface area (Å²) < 4.78 is 1.85. The second kappa shape index (κ2) is 4.06. The fraction of sp³-hybridized carbons (Fsp3) is 0. The first-order chi connectivity index (χ1) is 9.84. The standard InChI is InChI=1S/C16H11N3O/c20-15-12(11-4-2-1-3-5-11)10-18-13-6-8-19-9-7-17-16(19)14(13)15/h1-10H,(H,18,20). The molecule has 1 N–H and O–H groups in total. The average molecular weight is 261 g/mol. The minimum absolute atomic E-state index is 0.00162. The molecule has 4 nitrogen and oxygen atoms in total. The van der Waals surface area contributed by atoms with Crippen molar-refractivity contribution in [2.24, 2.45) is 0 Å². The summed E-state index contributed by atoms with van der Waals surface area (Å²) >= 11 is 0. The molecule has 0 atom stereocenters. The molecular weight excluding hydrogens is 250 g/mol. The Hall–Kier alpha value is -2.88. The van der Waals surface area contributed by atoms with Crippen LogP contribution in [0.1, 0.15) is 0 Å². The van der Waals surface area contributed by atoms with E-state index in [4.69, 9.17) is 0 Å². The Labute approximate surface area is 114 Å². The van der Waals surface area contributed by atoms with E-state index in [0.717, 1.165) is 11.1 Å². The normalized spacial score (nSPS) is 11.2. The number of hydrogen-bond donors (Lipinski definition) is 1. The minimum Gasteiger partial charge on any atom is -0.360 e. The van der Waals surface area contributed by atoms with Crippen LogP contribution < -0.4 is 5.43 Å². The zero-order valence-corrected chi connectivity index (χ0v) is 10.6. The van der Waals surface area contributed by atoms with Gasteiger partial charge in [0.05, 0.1) is 10.9 Å². The number of pyridine rings is 2. The molecule has 0 unspecified atom stereocenters. The minimum atomic E-state index is 0.00162. The first kappa shape index (κ1) is 11.0. The molecular formula is C16H11N3O. The summed E-state index contributed by atoms with van der Waals surface area (Å²) in [6, 6.07) is 11.5. The number of benzene rings is 1. The van der Waals surface area contributed by atoms with Crippen LogP contribution in [-0.4, -0.2) is 14.4 Å². The highest BCUT2D eigenvalue weighted by Crippen LogP contribution is 2.19. The number of aromatic nitrogens is 3. The third-order valence-electron chi connectivity index (χ3n) is 3.49. The quantitative estimate of drug-likeness (QED) is 0.573. The van der Waals surface area contributed by atoms with Crippen molar-refractivity contribution in [3.05, 3.63) is 71.4 Å². The Kier molecular flexibility index (Phi) is 2.23. The van der Waals surface area contributed by atoms with Gasteiger partial charge >= 0.3 is 0 Å². The maximum atomic E-state index is 12.8. The molecule has 0 aliphatic heterocycles. The summed E-state index contributed by atoms with van der Waals surface area (Å²) in [5.41, 5.74) is 3.05. The predicted molar refractivity (Wildman–Crippen MR) is 78.8 cm³/mol. The van der Waals surface area contributed by atoms with Crippen LogP contribution in [0.2, 0.25) is 0 Å². The van der Waals surface area contributed by atoms with Crippen molar-refractivity contribution in [1.82, 2.24) is 14.4 Å². The molecule has 4 rings (SSSR count). The number of H-pyrrole nitrogens is 1. The van der Waals surface area contributed by atoms with Crippen molar-refractivity contribution in [3.8, 4) is 11.1 Å². The maximum absolute atomic E-state index is 12.8. The second-order valence-electron chi connectivity index (χ2n) is 4.66. The molecule has 4 aromatic rings. The van der Waals surface area contributed by atoms with Crippen LogP contribution in [0.3, 0.4) is 0 Å². The molecule has 20 heavy (non-hydrogen) atoms. The van der Waals surface area contributed by atoms with Gasteiger partial charge in [0, 0.05) is 30.4 Å². The highest BCUT2D eigenvalue weighted by molar-refractivity contribution is 5.93. The first-order valence-corrected chi connectivity index (χ1v) is 6.37. The Bertz CT molecular complexity index is 967. The number of aromatic amines is 1. The Morgan fingerprint density at radius 2 is 1.90 bits per heavy atom. The zero-order valence-electron chi connectivity index (χ0n) is 10.6. The van der Waals surface area contributed by atoms with Crippen LogP contribution in [0.5, 0.6) is 0 Å². The number of hydrogen-bond acceptors (Lipinski definition) is 2. The van der Waals surface area contributed by atoms with Crippen molar-refractivity contribution in [1.29, 1.82) is 0 Å². The van der Waals surface area contributed by atoms with Gasteiger partial charge in [-0.3, -0.25) is 4.79 Å². The number of fused-ring (bicyclic) bond motifs is 3. The van der Waals surface area contributed by atoms with E-state index in [1.807, 2.05) is 53.2 Å². The van der Waals surface area contributed by atoms with E-state index in [0.29, 0.717) is 16.6 Å². The largest absolute Gasteiger partial charge is 0.360 e. The summed E-state index contributed by atoms with van der Waals surface area (Å²) in [4.78, 5) is 20.2. The van der Waals surface area contributed by atoms with Gasteiger partial charge in [0.15, 0.2) is 0 Å². The topological polar surface area (TPSA) is 50.2 Å². The summed E-state index contributed by atoms with van der Waals surface area (Å²) in [6.07, 6.45) is 7.19. The number of nitrogens with one attached hydrogen (secondary N) is 1. The van der Waals surface area contributed by atoms with Crippen molar-refractivity contribution in [2.45, 2.75) is 0 Å². The van der Waals surface area contributed by atoms with Gasteiger partial charge in [-0.05, 0) is 11.6 Å². The summed E-state index contributed by atoms with van der Waals surface area (Å²) in [6.45, 7) is 0. The molecule has 0 aliphatic rings. The fourth-order valence-corrected chi connectivity index (χ4v) is 2.51. The average Bonchev–Trinajstić information content (AvgIpc) is 2.97. The molecule has 96 valence electrons. The van der Waals surface area contributed by atoms with Crippen molar-refractivity contribution in [3.63, 3.8) is 0 Å². The van der Waals surface area contributed by atoms with Crippen molar-refractivity contribution >= 4 is 16.6 Å². The lowest BCUT2D eigenvalue weighted by atomic mass is 10.1. The van der Waals surface area contributed by atoms with Gasteiger partial charge < -0.3 is 9.38 Å². The van der Waals surface area contributed by atoms with Gasteiger partial charge in [0.2, 0.25) is 5.43 Å². The number of rotatable bonds is 1. The van der Waals surface area contributed by atoms with Gasteiger partial charge in [0.25, 0.3) is 0 Å².